The van der Waals surface area contributed by atoms with Gasteiger partial charge in [0.25, 0.3) is 0 Å². The number of nitrogens with two attached hydrogens (primary N) is 1. The van der Waals surface area contributed by atoms with E-state index in [0.717, 1.165) is 12.8 Å². The van der Waals surface area contributed by atoms with Crippen LogP contribution in [-0.2, 0) is 11.2 Å². The number of thiocarbonyl (C=S) groups is 1. The van der Waals surface area contributed by atoms with Crippen LogP contribution in [0.25, 0.3) is 0 Å². The third-order valence-electron chi connectivity index (χ3n) is 2.48. The van der Waals surface area contributed by atoms with Crippen LogP contribution in [0.4, 0.5) is 4.39 Å². The fraction of sp³-hybridized carbons (Fsp3) is 0.385. The molecule has 0 saturated carbocycles. The molecular formula is C13H17FN2OS. The Balaban J connectivity index is 2.22. The van der Waals surface area contributed by atoms with Crippen molar-refractivity contribution in [3.05, 3.63) is 35.6 Å². The molecule has 1 amide bonds. The highest BCUT2D eigenvalue weighted by Gasteiger charge is 2.06. The topological polar surface area (TPSA) is 55.1 Å². The minimum atomic E-state index is -0.346. The van der Waals surface area contributed by atoms with Crippen LogP contribution in [0.3, 0.4) is 0 Å². The lowest BCUT2D eigenvalue weighted by Crippen LogP contribution is -2.26. The highest BCUT2D eigenvalue weighted by atomic mass is 32.1. The number of benzene rings is 1. The van der Waals surface area contributed by atoms with Gasteiger partial charge in [-0.3, -0.25) is 4.79 Å². The number of halogens is 1. The van der Waals surface area contributed by atoms with Gasteiger partial charge in [-0.2, -0.15) is 0 Å². The lowest BCUT2D eigenvalue weighted by atomic mass is 10.1. The third kappa shape index (κ3) is 5.72. The molecule has 0 bridgehead atoms. The van der Waals surface area contributed by atoms with Gasteiger partial charge in [0.1, 0.15) is 5.82 Å². The van der Waals surface area contributed by atoms with Gasteiger partial charge in [-0.25, -0.2) is 4.39 Å². The van der Waals surface area contributed by atoms with Gasteiger partial charge < -0.3 is 11.1 Å². The lowest BCUT2D eigenvalue weighted by molar-refractivity contribution is -0.120. The monoisotopic (exact) mass is 268 g/mol. The van der Waals surface area contributed by atoms with Crippen molar-refractivity contribution >= 4 is 23.1 Å². The first kappa shape index (κ1) is 14.6. The standard InChI is InChI=1S/C13H17FN2OS/c14-11-6-2-1-5-10(11)9-13(17)16-8-4-3-7-12(15)18/h1-2,5-6H,3-4,7-9H2,(H2,15,18)(H,16,17). The quantitative estimate of drug-likeness (QED) is 0.587. The largest absolute Gasteiger partial charge is 0.393 e. The van der Waals surface area contributed by atoms with Gasteiger partial charge in [-0.15, -0.1) is 0 Å². The van der Waals surface area contributed by atoms with Gasteiger partial charge in [-0.05, 0) is 30.9 Å². The zero-order valence-corrected chi connectivity index (χ0v) is 10.9. The Hall–Kier alpha value is -1.49. The maximum absolute atomic E-state index is 13.3. The second-order valence-electron chi connectivity index (χ2n) is 4.04. The summed E-state index contributed by atoms with van der Waals surface area (Å²) >= 11 is 4.75. The molecule has 3 N–H and O–H groups in total. The molecule has 0 saturated heterocycles. The first-order chi connectivity index (χ1) is 8.59. The molecule has 0 aromatic heterocycles. The molecule has 1 rings (SSSR count). The first-order valence-corrected chi connectivity index (χ1v) is 6.29. The van der Waals surface area contributed by atoms with Crippen molar-refractivity contribution in [1.82, 2.24) is 5.32 Å². The van der Waals surface area contributed by atoms with E-state index in [2.05, 4.69) is 5.32 Å². The Morgan fingerprint density at radius 2 is 2.06 bits per heavy atom. The summed E-state index contributed by atoms with van der Waals surface area (Å²) in [4.78, 5) is 12.0. The second kappa shape index (κ2) is 7.76. The van der Waals surface area contributed by atoms with Gasteiger partial charge in [0.15, 0.2) is 0 Å². The van der Waals surface area contributed by atoms with Crippen molar-refractivity contribution in [3.63, 3.8) is 0 Å². The van der Waals surface area contributed by atoms with Crippen molar-refractivity contribution in [2.45, 2.75) is 25.7 Å². The Morgan fingerprint density at radius 3 is 2.72 bits per heavy atom. The SMILES string of the molecule is NC(=S)CCCCNC(=O)Cc1ccccc1F. The van der Waals surface area contributed by atoms with Crippen LogP contribution in [0, 0.1) is 5.82 Å². The number of unbranched alkanes of at least 4 members (excludes halogenated alkanes) is 1. The highest BCUT2D eigenvalue weighted by molar-refractivity contribution is 7.80. The molecule has 0 spiro atoms. The molecule has 5 heteroatoms. The van der Waals surface area contributed by atoms with Crippen LogP contribution >= 0.6 is 12.2 Å². The number of amides is 1. The first-order valence-electron chi connectivity index (χ1n) is 5.88. The van der Waals surface area contributed by atoms with Gasteiger partial charge in [0, 0.05) is 6.54 Å². The molecule has 0 radical (unpaired) electrons. The van der Waals surface area contributed by atoms with Crippen molar-refractivity contribution < 1.29 is 9.18 Å². The molecule has 98 valence electrons. The Labute approximate surface area is 112 Å². The van der Waals surface area contributed by atoms with Crippen molar-refractivity contribution in [2.75, 3.05) is 6.54 Å². The van der Waals surface area contributed by atoms with E-state index in [0.29, 0.717) is 23.5 Å². The molecule has 1 aromatic rings. The van der Waals surface area contributed by atoms with E-state index in [1.165, 1.54) is 6.07 Å². The normalized spacial score (nSPS) is 10.1. The Kier molecular flexibility index (Phi) is 6.28. The minimum Gasteiger partial charge on any atom is -0.393 e. The number of rotatable bonds is 7. The molecule has 0 aliphatic carbocycles. The number of hydrogen-bond acceptors (Lipinski definition) is 2. The highest BCUT2D eigenvalue weighted by Crippen LogP contribution is 2.06. The molecule has 18 heavy (non-hydrogen) atoms. The number of nitrogens with one attached hydrogen (secondary N) is 1. The number of carbonyl (C=O) groups is 1. The fourth-order valence-corrected chi connectivity index (χ4v) is 1.67. The van der Waals surface area contributed by atoms with Crippen LogP contribution in [0.5, 0.6) is 0 Å². The van der Waals surface area contributed by atoms with Crippen LogP contribution in [0.15, 0.2) is 24.3 Å². The van der Waals surface area contributed by atoms with Crippen molar-refractivity contribution in [1.29, 1.82) is 0 Å². The van der Waals surface area contributed by atoms with E-state index in [1.54, 1.807) is 18.2 Å². The van der Waals surface area contributed by atoms with Crippen LogP contribution in [0.2, 0.25) is 0 Å². The summed E-state index contributed by atoms with van der Waals surface area (Å²) in [6.07, 6.45) is 2.44. The molecule has 1 aromatic carbocycles. The molecular weight excluding hydrogens is 251 g/mol. The van der Waals surface area contributed by atoms with E-state index in [9.17, 15) is 9.18 Å². The average Bonchev–Trinajstić information content (AvgIpc) is 2.31. The van der Waals surface area contributed by atoms with E-state index >= 15 is 0 Å². The second-order valence-corrected chi connectivity index (χ2v) is 4.57. The summed E-state index contributed by atoms with van der Waals surface area (Å²) in [6, 6.07) is 6.28. The molecule has 0 atom stereocenters. The van der Waals surface area contributed by atoms with E-state index in [1.807, 2.05) is 0 Å². The summed E-state index contributed by atoms with van der Waals surface area (Å²) < 4.78 is 13.3. The van der Waals surface area contributed by atoms with Crippen molar-refractivity contribution in [2.24, 2.45) is 5.73 Å². The Morgan fingerprint density at radius 1 is 1.33 bits per heavy atom. The van der Waals surface area contributed by atoms with Crippen LogP contribution in [0.1, 0.15) is 24.8 Å². The van der Waals surface area contributed by atoms with Gasteiger partial charge >= 0.3 is 0 Å². The molecule has 0 aliphatic rings. The molecule has 0 heterocycles. The van der Waals surface area contributed by atoms with Crippen LogP contribution < -0.4 is 11.1 Å². The van der Waals surface area contributed by atoms with E-state index in [4.69, 9.17) is 18.0 Å². The minimum absolute atomic E-state index is 0.0714. The summed E-state index contributed by atoms with van der Waals surface area (Å²) in [5, 5.41) is 2.74. The third-order valence-corrected chi connectivity index (χ3v) is 2.69. The number of hydrogen-bond donors (Lipinski definition) is 2. The maximum atomic E-state index is 13.3. The maximum Gasteiger partial charge on any atom is 0.224 e. The zero-order chi connectivity index (χ0) is 13.4. The molecule has 0 aliphatic heterocycles. The molecule has 0 fully saturated rings. The van der Waals surface area contributed by atoms with Crippen LogP contribution in [-0.4, -0.2) is 17.4 Å². The van der Waals surface area contributed by atoms with Gasteiger partial charge in [0.05, 0.1) is 11.4 Å². The van der Waals surface area contributed by atoms with Gasteiger partial charge in [0.2, 0.25) is 5.91 Å². The number of carbonyl (C=O) groups excluding carboxylic acids is 1. The Bertz CT molecular complexity index is 423. The molecule has 0 unspecified atom stereocenters. The predicted molar refractivity (Wildman–Crippen MR) is 73.8 cm³/mol. The summed E-state index contributed by atoms with van der Waals surface area (Å²) in [7, 11) is 0. The average molecular weight is 268 g/mol. The van der Waals surface area contributed by atoms with E-state index in [-0.39, 0.29) is 18.1 Å². The van der Waals surface area contributed by atoms with E-state index < -0.39 is 0 Å². The molecule has 3 nitrogen and oxygen atoms in total. The summed E-state index contributed by atoms with van der Waals surface area (Å²) in [5.74, 6) is -0.517. The predicted octanol–water partition coefficient (Wildman–Crippen LogP) is 1.94. The lowest BCUT2D eigenvalue weighted by Gasteiger charge is -2.05. The summed E-state index contributed by atoms with van der Waals surface area (Å²) in [5.41, 5.74) is 5.77. The fourth-order valence-electron chi connectivity index (χ4n) is 1.53. The van der Waals surface area contributed by atoms with Crippen molar-refractivity contribution in [3.8, 4) is 0 Å². The summed E-state index contributed by atoms with van der Waals surface area (Å²) in [6.45, 7) is 0.565. The van der Waals surface area contributed by atoms with Gasteiger partial charge in [-0.1, -0.05) is 30.4 Å². The smallest absolute Gasteiger partial charge is 0.224 e. The zero-order valence-electron chi connectivity index (χ0n) is 10.1.